The van der Waals surface area contributed by atoms with Crippen LogP contribution in [0.3, 0.4) is 0 Å². The highest BCUT2D eigenvalue weighted by molar-refractivity contribution is 7.18. The van der Waals surface area contributed by atoms with E-state index in [2.05, 4.69) is 53.0 Å². The maximum atomic E-state index is 9.93. The van der Waals surface area contributed by atoms with Gasteiger partial charge in [-0.1, -0.05) is 35.6 Å². The summed E-state index contributed by atoms with van der Waals surface area (Å²) < 4.78 is 3.46. The molecule has 0 spiro atoms. The predicted molar refractivity (Wildman–Crippen MR) is 95.3 cm³/mol. The maximum absolute atomic E-state index is 9.93. The van der Waals surface area contributed by atoms with E-state index in [9.17, 15) is 5.11 Å². The Morgan fingerprint density at radius 3 is 2.78 bits per heavy atom. The third-order valence-corrected chi connectivity index (χ3v) is 5.14. The number of nitrogens with zero attached hydrogens (tertiary/aromatic N) is 2. The van der Waals surface area contributed by atoms with Gasteiger partial charge >= 0.3 is 0 Å². The monoisotopic (exact) mass is 319 g/mol. The van der Waals surface area contributed by atoms with Gasteiger partial charge in [-0.15, -0.1) is 0 Å². The van der Waals surface area contributed by atoms with Crippen molar-refractivity contribution in [2.75, 3.05) is 0 Å². The molecule has 0 aliphatic rings. The number of thiazole rings is 1. The minimum Gasteiger partial charge on any atom is -0.506 e. The van der Waals surface area contributed by atoms with Gasteiger partial charge in [-0.2, -0.15) is 4.57 Å². The van der Waals surface area contributed by atoms with Gasteiger partial charge in [-0.25, -0.2) is 0 Å². The van der Waals surface area contributed by atoms with Crippen LogP contribution in [-0.2, 0) is 7.05 Å². The fraction of sp³-hybridized carbons (Fsp3) is 0.0526. The fourth-order valence-corrected chi connectivity index (χ4v) is 3.81. The second-order valence-electron chi connectivity index (χ2n) is 5.37. The molecular weight excluding hydrogens is 304 g/mol. The molecule has 2 aromatic carbocycles. The SMILES string of the molecule is C[n+]1c(/C=C/c2ccnc3c(O)cccc23)sc2ccccc21. The fourth-order valence-electron chi connectivity index (χ4n) is 2.75. The lowest BCUT2D eigenvalue weighted by atomic mass is 10.1. The van der Waals surface area contributed by atoms with Crippen LogP contribution < -0.4 is 4.57 Å². The molecular formula is C19H15N2OS+. The van der Waals surface area contributed by atoms with Crippen LogP contribution in [0, 0.1) is 0 Å². The second kappa shape index (κ2) is 5.48. The summed E-state index contributed by atoms with van der Waals surface area (Å²) in [6.07, 6.45) is 5.92. The van der Waals surface area contributed by atoms with E-state index in [4.69, 9.17) is 0 Å². The summed E-state index contributed by atoms with van der Waals surface area (Å²) in [4.78, 5) is 4.26. The molecule has 0 atom stereocenters. The number of phenolic OH excluding ortho intramolecular Hbond substituents is 1. The smallest absolute Gasteiger partial charge is 0.262 e. The molecule has 0 unspecified atom stereocenters. The number of aromatic nitrogens is 2. The van der Waals surface area contributed by atoms with Crippen molar-refractivity contribution >= 4 is 44.6 Å². The van der Waals surface area contributed by atoms with Gasteiger partial charge in [0.05, 0.1) is 0 Å². The number of benzene rings is 2. The molecule has 112 valence electrons. The number of hydrogen-bond acceptors (Lipinski definition) is 3. The number of hydrogen-bond donors (Lipinski definition) is 1. The first-order valence-electron chi connectivity index (χ1n) is 7.36. The van der Waals surface area contributed by atoms with Gasteiger partial charge in [-0.3, -0.25) is 4.98 Å². The molecule has 4 heteroatoms. The number of pyridine rings is 1. The summed E-state index contributed by atoms with van der Waals surface area (Å²) in [5.74, 6) is 0.213. The molecule has 2 heterocycles. The van der Waals surface area contributed by atoms with Crippen molar-refractivity contribution in [2.45, 2.75) is 0 Å². The zero-order chi connectivity index (χ0) is 15.8. The maximum Gasteiger partial charge on any atom is 0.262 e. The summed E-state index contributed by atoms with van der Waals surface area (Å²) in [5, 5.41) is 12.1. The highest BCUT2D eigenvalue weighted by Gasteiger charge is 2.13. The minimum absolute atomic E-state index is 0.213. The highest BCUT2D eigenvalue weighted by Crippen LogP contribution is 2.26. The van der Waals surface area contributed by atoms with E-state index in [0.29, 0.717) is 5.52 Å². The Hall–Kier alpha value is -2.72. The third kappa shape index (κ3) is 2.37. The number of phenols is 1. The molecule has 2 aromatic heterocycles. The molecule has 23 heavy (non-hydrogen) atoms. The largest absolute Gasteiger partial charge is 0.506 e. The van der Waals surface area contributed by atoms with Gasteiger partial charge < -0.3 is 5.11 Å². The number of aromatic hydroxyl groups is 1. The van der Waals surface area contributed by atoms with Crippen LogP contribution >= 0.6 is 11.3 Å². The molecule has 1 N–H and O–H groups in total. The quantitative estimate of drug-likeness (QED) is 0.564. The zero-order valence-corrected chi connectivity index (χ0v) is 13.4. The molecule has 0 radical (unpaired) electrons. The molecule has 0 fully saturated rings. The van der Waals surface area contributed by atoms with Crippen molar-refractivity contribution in [2.24, 2.45) is 7.05 Å². The standard InChI is InChI=1S/C19H14N2OS/c1-21-15-6-2-3-8-17(15)23-18(21)10-9-13-11-12-20-19-14(13)5-4-7-16(19)22/h2-12H,1H3/p+1. The van der Waals surface area contributed by atoms with E-state index in [1.807, 2.05) is 18.2 Å². The van der Waals surface area contributed by atoms with Crippen molar-refractivity contribution in [3.63, 3.8) is 0 Å². The number of rotatable bonds is 2. The normalized spacial score (nSPS) is 11.7. The highest BCUT2D eigenvalue weighted by atomic mass is 32.1. The van der Waals surface area contributed by atoms with Crippen molar-refractivity contribution in [1.29, 1.82) is 0 Å². The van der Waals surface area contributed by atoms with Crippen LogP contribution in [0.5, 0.6) is 5.75 Å². The van der Waals surface area contributed by atoms with Crippen LogP contribution in [0.2, 0.25) is 0 Å². The van der Waals surface area contributed by atoms with Crippen molar-refractivity contribution < 1.29 is 9.67 Å². The van der Waals surface area contributed by atoms with Gasteiger partial charge in [0.1, 0.15) is 23.0 Å². The van der Waals surface area contributed by atoms with Crippen LogP contribution in [0.25, 0.3) is 33.3 Å². The van der Waals surface area contributed by atoms with Crippen LogP contribution in [-0.4, -0.2) is 10.1 Å². The first-order chi connectivity index (χ1) is 11.2. The van der Waals surface area contributed by atoms with Crippen molar-refractivity contribution in [3.05, 3.63) is 65.3 Å². The topological polar surface area (TPSA) is 37.0 Å². The van der Waals surface area contributed by atoms with Crippen LogP contribution in [0.1, 0.15) is 10.6 Å². The molecule has 0 saturated carbocycles. The first-order valence-corrected chi connectivity index (χ1v) is 8.18. The molecule has 0 saturated heterocycles. The second-order valence-corrected chi connectivity index (χ2v) is 6.44. The van der Waals surface area contributed by atoms with Gasteiger partial charge in [0.25, 0.3) is 5.01 Å². The van der Waals surface area contributed by atoms with Gasteiger partial charge in [0.15, 0.2) is 0 Å². The van der Waals surface area contributed by atoms with E-state index in [1.54, 1.807) is 23.6 Å². The molecule has 3 nitrogen and oxygen atoms in total. The average molecular weight is 319 g/mol. The lowest BCUT2D eigenvalue weighted by molar-refractivity contribution is -0.642. The van der Waals surface area contributed by atoms with Crippen molar-refractivity contribution in [1.82, 2.24) is 4.98 Å². The predicted octanol–water partition coefficient (Wildman–Crippen LogP) is 4.15. The average Bonchev–Trinajstić information content (AvgIpc) is 2.90. The molecule has 0 amide bonds. The minimum atomic E-state index is 0.213. The van der Waals surface area contributed by atoms with E-state index in [0.717, 1.165) is 10.9 Å². The Balaban J connectivity index is 1.82. The van der Waals surface area contributed by atoms with E-state index < -0.39 is 0 Å². The Bertz CT molecular complexity index is 1050. The number of para-hydroxylation sites is 2. The van der Waals surface area contributed by atoms with E-state index in [1.165, 1.54) is 15.2 Å². The third-order valence-electron chi connectivity index (χ3n) is 3.96. The molecule has 0 aliphatic heterocycles. The Labute approximate surface area is 137 Å². The molecule has 4 rings (SSSR count). The van der Waals surface area contributed by atoms with Gasteiger partial charge in [0.2, 0.25) is 5.52 Å². The Morgan fingerprint density at radius 1 is 1.04 bits per heavy atom. The summed E-state index contributed by atoms with van der Waals surface area (Å²) in [7, 11) is 2.08. The molecule has 0 aliphatic carbocycles. The van der Waals surface area contributed by atoms with Gasteiger partial charge in [0, 0.05) is 23.7 Å². The summed E-state index contributed by atoms with van der Waals surface area (Å²) in [6, 6.07) is 15.8. The van der Waals surface area contributed by atoms with Crippen molar-refractivity contribution in [3.8, 4) is 5.75 Å². The van der Waals surface area contributed by atoms with Crippen LogP contribution in [0.15, 0.2) is 54.7 Å². The molecule has 0 bridgehead atoms. The first kappa shape index (κ1) is 13.9. The Kier molecular flexibility index (Phi) is 3.32. The molecule has 4 aromatic rings. The van der Waals surface area contributed by atoms with Gasteiger partial charge in [-0.05, 0) is 29.8 Å². The summed E-state index contributed by atoms with van der Waals surface area (Å²) >= 11 is 1.76. The lowest BCUT2D eigenvalue weighted by Crippen LogP contribution is -2.28. The van der Waals surface area contributed by atoms with E-state index >= 15 is 0 Å². The van der Waals surface area contributed by atoms with E-state index in [-0.39, 0.29) is 5.75 Å². The number of fused-ring (bicyclic) bond motifs is 2. The Morgan fingerprint density at radius 2 is 1.91 bits per heavy atom. The summed E-state index contributed by atoms with van der Waals surface area (Å²) in [6.45, 7) is 0. The summed E-state index contributed by atoms with van der Waals surface area (Å²) in [5.41, 5.74) is 2.91. The van der Waals surface area contributed by atoms with Crippen LogP contribution in [0.4, 0.5) is 0 Å². The zero-order valence-electron chi connectivity index (χ0n) is 12.6. The number of aryl methyl sites for hydroxylation is 1. The lowest BCUT2D eigenvalue weighted by Gasteiger charge is -2.02.